The van der Waals surface area contributed by atoms with Crippen molar-refractivity contribution in [3.8, 4) is 0 Å². The van der Waals surface area contributed by atoms with Gasteiger partial charge >= 0.3 is 0 Å². The van der Waals surface area contributed by atoms with Crippen LogP contribution in [0.3, 0.4) is 0 Å². The third kappa shape index (κ3) is 3.64. The summed E-state index contributed by atoms with van der Waals surface area (Å²) >= 11 is 1.80. The Morgan fingerprint density at radius 2 is 2.10 bits per heavy atom. The van der Waals surface area contributed by atoms with E-state index in [9.17, 15) is 0 Å². The van der Waals surface area contributed by atoms with Crippen molar-refractivity contribution in [2.75, 3.05) is 6.54 Å². The number of nitrogens with one attached hydrogen (secondary N) is 1. The van der Waals surface area contributed by atoms with E-state index < -0.39 is 0 Å². The van der Waals surface area contributed by atoms with Crippen molar-refractivity contribution < 1.29 is 0 Å². The molecule has 1 fully saturated rings. The number of hydrogen-bond donors (Lipinski definition) is 1. The van der Waals surface area contributed by atoms with Gasteiger partial charge in [0.1, 0.15) is 0 Å². The predicted octanol–water partition coefficient (Wildman–Crippen LogP) is 5.31. The first kappa shape index (κ1) is 15.0. The van der Waals surface area contributed by atoms with Crippen LogP contribution in [0, 0.1) is 5.92 Å². The van der Waals surface area contributed by atoms with Crippen LogP contribution in [0.4, 0.5) is 0 Å². The molecule has 1 N–H and O–H groups in total. The summed E-state index contributed by atoms with van der Waals surface area (Å²) in [4.78, 5) is 4.66. The lowest BCUT2D eigenvalue weighted by Crippen LogP contribution is -2.29. The molecule has 114 valence electrons. The normalized spacial score (nSPS) is 18.7. The molecule has 0 amide bonds. The molecule has 0 radical (unpaired) electrons. The van der Waals surface area contributed by atoms with Crippen molar-refractivity contribution in [3.63, 3.8) is 0 Å². The number of hydrogen-bond acceptors (Lipinski definition) is 3. The van der Waals surface area contributed by atoms with Crippen LogP contribution in [-0.2, 0) is 0 Å². The maximum absolute atomic E-state index is 4.66. The van der Waals surface area contributed by atoms with Gasteiger partial charge in [0.25, 0.3) is 0 Å². The molecule has 0 spiro atoms. The van der Waals surface area contributed by atoms with E-state index in [0.717, 1.165) is 18.0 Å². The van der Waals surface area contributed by atoms with Crippen LogP contribution in [0.5, 0.6) is 0 Å². The van der Waals surface area contributed by atoms with Gasteiger partial charge in [-0.2, -0.15) is 0 Å². The lowest BCUT2D eigenvalue weighted by molar-refractivity contribution is 0.325. The molecule has 1 unspecified atom stereocenters. The zero-order valence-corrected chi connectivity index (χ0v) is 13.8. The molecule has 21 heavy (non-hydrogen) atoms. The minimum Gasteiger partial charge on any atom is -0.310 e. The summed E-state index contributed by atoms with van der Waals surface area (Å²) in [7, 11) is 0. The average Bonchev–Trinajstić information content (AvgIpc) is 2.81. The maximum Gasteiger partial charge on any atom is 0.0809 e. The van der Waals surface area contributed by atoms with Gasteiger partial charge in [-0.05, 0) is 54.8 Å². The largest absolute Gasteiger partial charge is 0.310 e. The summed E-state index contributed by atoms with van der Waals surface area (Å²) in [6.45, 7) is 3.35. The molecule has 1 aliphatic rings. The first-order chi connectivity index (χ1) is 10.4. The maximum atomic E-state index is 4.66. The Balaban J connectivity index is 1.85. The van der Waals surface area contributed by atoms with Gasteiger partial charge in [0.05, 0.1) is 10.2 Å². The average molecular weight is 302 g/mol. The third-order valence-corrected chi connectivity index (χ3v) is 5.52. The lowest BCUT2D eigenvalue weighted by atomic mass is 9.87. The topological polar surface area (TPSA) is 24.9 Å². The van der Waals surface area contributed by atoms with Crippen molar-refractivity contribution in [1.29, 1.82) is 0 Å². The fourth-order valence-electron chi connectivity index (χ4n) is 3.53. The van der Waals surface area contributed by atoms with Gasteiger partial charge in [0, 0.05) is 12.2 Å². The van der Waals surface area contributed by atoms with Gasteiger partial charge in [-0.25, -0.2) is 0 Å². The zero-order valence-electron chi connectivity index (χ0n) is 13.0. The number of fused-ring (bicyclic) bond motifs is 1. The monoisotopic (exact) mass is 302 g/mol. The van der Waals surface area contributed by atoms with Gasteiger partial charge in [-0.3, -0.25) is 4.98 Å². The fraction of sp³-hybridized carbons (Fsp3) is 0.611. The van der Waals surface area contributed by atoms with Crippen molar-refractivity contribution in [1.82, 2.24) is 10.3 Å². The summed E-state index contributed by atoms with van der Waals surface area (Å²) in [6.07, 6.45) is 11.6. The van der Waals surface area contributed by atoms with E-state index in [2.05, 4.69) is 40.9 Å². The first-order valence-electron chi connectivity index (χ1n) is 8.45. The standard InChI is InChI=1S/C18H26N2S/c1-2-10-19-18(14-7-5-3-4-6-8-14)15-12-17-16(20-13-15)9-11-21-17/h9,11-14,18-19H,2-8,10H2,1H3. The summed E-state index contributed by atoms with van der Waals surface area (Å²) in [5.41, 5.74) is 2.53. The van der Waals surface area contributed by atoms with E-state index in [1.165, 1.54) is 55.2 Å². The molecule has 2 aromatic heterocycles. The molecule has 0 aromatic carbocycles. The van der Waals surface area contributed by atoms with Crippen LogP contribution in [0.25, 0.3) is 10.2 Å². The van der Waals surface area contributed by atoms with Crippen LogP contribution in [0.2, 0.25) is 0 Å². The molecular weight excluding hydrogens is 276 g/mol. The van der Waals surface area contributed by atoms with Crippen molar-refractivity contribution in [2.24, 2.45) is 5.92 Å². The molecule has 3 rings (SSSR count). The van der Waals surface area contributed by atoms with Gasteiger partial charge in [0.15, 0.2) is 0 Å². The highest BCUT2D eigenvalue weighted by molar-refractivity contribution is 7.17. The van der Waals surface area contributed by atoms with E-state index >= 15 is 0 Å². The van der Waals surface area contributed by atoms with E-state index in [1.54, 1.807) is 11.3 Å². The second-order valence-corrected chi connectivity index (χ2v) is 7.20. The smallest absolute Gasteiger partial charge is 0.0809 e. The van der Waals surface area contributed by atoms with E-state index in [0.29, 0.717) is 6.04 Å². The third-order valence-electron chi connectivity index (χ3n) is 4.67. The molecule has 0 bridgehead atoms. The SMILES string of the molecule is CCCNC(c1cnc2ccsc2c1)C1CCCCCC1. The molecule has 0 saturated heterocycles. The Kier molecular flexibility index (Phi) is 5.26. The van der Waals surface area contributed by atoms with Crippen molar-refractivity contribution in [2.45, 2.75) is 57.9 Å². The second kappa shape index (κ2) is 7.37. The highest BCUT2D eigenvalue weighted by atomic mass is 32.1. The molecule has 2 nitrogen and oxygen atoms in total. The van der Waals surface area contributed by atoms with E-state index in [4.69, 9.17) is 0 Å². The quantitative estimate of drug-likeness (QED) is 0.757. The summed E-state index contributed by atoms with van der Waals surface area (Å²) in [6, 6.07) is 4.97. The molecule has 2 aromatic rings. The van der Waals surface area contributed by atoms with Crippen molar-refractivity contribution in [3.05, 3.63) is 29.3 Å². The zero-order chi connectivity index (χ0) is 14.5. The Labute approximate surface area is 132 Å². The highest BCUT2D eigenvalue weighted by Crippen LogP contribution is 2.34. The molecule has 3 heteroatoms. The number of aromatic nitrogens is 1. The minimum absolute atomic E-state index is 0.488. The Morgan fingerprint density at radius 1 is 1.29 bits per heavy atom. The molecule has 0 aliphatic heterocycles. The highest BCUT2D eigenvalue weighted by Gasteiger charge is 2.24. The summed E-state index contributed by atoms with van der Waals surface area (Å²) < 4.78 is 1.32. The first-order valence-corrected chi connectivity index (χ1v) is 9.33. The van der Waals surface area contributed by atoms with Gasteiger partial charge < -0.3 is 5.32 Å². The number of pyridine rings is 1. The Bertz CT molecular complexity index is 555. The van der Waals surface area contributed by atoms with Gasteiger partial charge in [-0.15, -0.1) is 11.3 Å². The number of thiophene rings is 1. The van der Waals surface area contributed by atoms with Gasteiger partial charge in [0.2, 0.25) is 0 Å². The van der Waals surface area contributed by atoms with Crippen LogP contribution in [0.15, 0.2) is 23.7 Å². The van der Waals surface area contributed by atoms with Crippen LogP contribution >= 0.6 is 11.3 Å². The molecule has 2 heterocycles. The second-order valence-electron chi connectivity index (χ2n) is 6.26. The number of rotatable bonds is 5. The predicted molar refractivity (Wildman–Crippen MR) is 91.8 cm³/mol. The Hall–Kier alpha value is -0.930. The minimum atomic E-state index is 0.488. The summed E-state index contributed by atoms with van der Waals surface area (Å²) in [5, 5.41) is 5.95. The van der Waals surface area contributed by atoms with Crippen LogP contribution < -0.4 is 5.32 Å². The fourth-order valence-corrected chi connectivity index (χ4v) is 4.32. The van der Waals surface area contributed by atoms with E-state index in [1.807, 2.05) is 0 Å². The van der Waals surface area contributed by atoms with Gasteiger partial charge in [-0.1, -0.05) is 32.6 Å². The summed E-state index contributed by atoms with van der Waals surface area (Å²) in [5.74, 6) is 0.776. The number of nitrogens with zero attached hydrogens (tertiary/aromatic N) is 1. The molecule has 1 saturated carbocycles. The van der Waals surface area contributed by atoms with Crippen LogP contribution in [0.1, 0.15) is 63.5 Å². The molecule has 1 atom stereocenters. The van der Waals surface area contributed by atoms with E-state index in [-0.39, 0.29) is 0 Å². The van der Waals surface area contributed by atoms with Crippen LogP contribution in [-0.4, -0.2) is 11.5 Å². The lowest BCUT2D eigenvalue weighted by Gasteiger charge is -2.27. The Morgan fingerprint density at radius 3 is 2.86 bits per heavy atom. The molecule has 1 aliphatic carbocycles. The van der Waals surface area contributed by atoms with Crippen molar-refractivity contribution >= 4 is 21.6 Å². The molecular formula is C18H26N2S.